The van der Waals surface area contributed by atoms with Crippen LogP contribution in [0.4, 0.5) is 0 Å². The summed E-state index contributed by atoms with van der Waals surface area (Å²) in [6.07, 6.45) is 1.59. The molecule has 1 aromatic carbocycles. The number of rotatable bonds is 5. The Morgan fingerprint density at radius 3 is 2.18 bits per heavy atom. The van der Waals surface area contributed by atoms with Crippen molar-refractivity contribution in [1.82, 2.24) is 9.80 Å². The highest BCUT2D eigenvalue weighted by Gasteiger charge is 2.37. The Bertz CT molecular complexity index is 757. The number of carbonyl (C=O) groups is 3. The van der Waals surface area contributed by atoms with E-state index in [0.29, 0.717) is 62.5 Å². The lowest BCUT2D eigenvalue weighted by Gasteiger charge is -2.36. The second-order valence-corrected chi connectivity index (χ2v) is 7.23. The maximum absolute atomic E-state index is 12.9. The Morgan fingerprint density at radius 2 is 1.61 bits per heavy atom. The highest BCUT2D eigenvalue weighted by Crippen LogP contribution is 2.33. The van der Waals surface area contributed by atoms with E-state index in [1.54, 1.807) is 35.1 Å². The number of hydrogen-bond acceptors (Lipinski definition) is 5. The molecule has 8 nitrogen and oxygen atoms in total. The molecule has 28 heavy (non-hydrogen) atoms. The molecule has 0 aromatic heterocycles. The first kappa shape index (κ1) is 20.0. The van der Waals surface area contributed by atoms with Crippen molar-refractivity contribution in [3.63, 3.8) is 0 Å². The number of nitrogens with zero attached hydrogens (tertiary/aromatic N) is 2. The molecule has 1 aromatic rings. The van der Waals surface area contributed by atoms with E-state index in [1.807, 2.05) is 0 Å². The standard InChI is InChI=1S/C20H26N2O6/c1-27-15-5-6-16(17(12-15)28-2)19(24)22-9-7-21(8-10-22)18(23)13-3-4-14(11-13)20(25)26/h5-6,12-14H,3-4,7-11H2,1-2H3,(H,25,26)/t13-,14+/m1/s1. The Morgan fingerprint density at radius 1 is 0.964 bits per heavy atom. The largest absolute Gasteiger partial charge is 0.497 e. The zero-order valence-corrected chi connectivity index (χ0v) is 16.2. The van der Waals surface area contributed by atoms with Gasteiger partial charge in [0.15, 0.2) is 0 Å². The minimum Gasteiger partial charge on any atom is -0.497 e. The van der Waals surface area contributed by atoms with Gasteiger partial charge in [0.1, 0.15) is 11.5 Å². The molecule has 1 heterocycles. The van der Waals surface area contributed by atoms with Crippen molar-refractivity contribution in [3.05, 3.63) is 23.8 Å². The quantitative estimate of drug-likeness (QED) is 0.818. The summed E-state index contributed by atoms with van der Waals surface area (Å²) < 4.78 is 10.5. The molecular weight excluding hydrogens is 364 g/mol. The van der Waals surface area contributed by atoms with Gasteiger partial charge in [-0.25, -0.2) is 0 Å². The van der Waals surface area contributed by atoms with Gasteiger partial charge >= 0.3 is 5.97 Å². The molecule has 1 saturated heterocycles. The van der Waals surface area contributed by atoms with Crippen LogP contribution < -0.4 is 9.47 Å². The van der Waals surface area contributed by atoms with E-state index >= 15 is 0 Å². The van der Waals surface area contributed by atoms with Gasteiger partial charge < -0.3 is 24.4 Å². The van der Waals surface area contributed by atoms with Crippen LogP contribution >= 0.6 is 0 Å². The molecule has 2 fully saturated rings. The number of carboxylic acids is 1. The first-order chi connectivity index (χ1) is 13.4. The average Bonchev–Trinajstić information content (AvgIpc) is 3.23. The van der Waals surface area contributed by atoms with Gasteiger partial charge in [-0.3, -0.25) is 14.4 Å². The summed E-state index contributed by atoms with van der Waals surface area (Å²) in [4.78, 5) is 40.1. The van der Waals surface area contributed by atoms with E-state index in [0.717, 1.165) is 0 Å². The van der Waals surface area contributed by atoms with Crippen LogP contribution in [0.5, 0.6) is 11.5 Å². The zero-order chi connectivity index (χ0) is 20.3. The molecule has 0 spiro atoms. The van der Waals surface area contributed by atoms with Gasteiger partial charge in [-0.1, -0.05) is 0 Å². The molecule has 2 amide bonds. The van der Waals surface area contributed by atoms with E-state index in [9.17, 15) is 14.4 Å². The first-order valence-corrected chi connectivity index (χ1v) is 9.47. The van der Waals surface area contributed by atoms with E-state index in [2.05, 4.69) is 0 Å². The number of carboxylic acid groups (broad SMARTS) is 1. The molecule has 1 aliphatic carbocycles. The van der Waals surface area contributed by atoms with E-state index in [1.165, 1.54) is 7.11 Å². The third-order valence-corrected chi connectivity index (χ3v) is 5.65. The molecule has 0 unspecified atom stereocenters. The molecule has 0 bridgehead atoms. The van der Waals surface area contributed by atoms with Crippen molar-refractivity contribution >= 4 is 17.8 Å². The zero-order valence-electron chi connectivity index (χ0n) is 16.2. The molecule has 8 heteroatoms. The van der Waals surface area contributed by atoms with Gasteiger partial charge in [0, 0.05) is 38.2 Å². The Kier molecular flexibility index (Phi) is 6.06. The lowest BCUT2D eigenvalue weighted by Crippen LogP contribution is -2.51. The number of hydrogen-bond donors (Lipinski definition) is 1. The molecule has 1 saturated carbocycles. The third kappa shape index (κ3) is 4.05. The number of aliphatic carboxylic acids is 1. The van der Waals surface area contributed by atoms with Crippen molar-refractivity contribution in [2.75, 3.05) is 40.4 Å². The molecule has 1 aliphatic heterocycles. The fraction of sp³-hybridized carbons (Fsp3) is 0.550. The summed E-state index contributed by atoms with van der Waals surface area (Å²) in [5.74, 6) is -0.520. The van der Waals surface area contributed by atoms with Gasteiger partial charge in [0.05, 0.1) is 25.7 Å². The second kappa shape index (κ2) is 8.50. The topological polar surface area (TPSA) is 96.4 Å². The Labute approximate surface area is 164 Å². The SMILES string of the molecule is COc1ccc(C(=O)N2CCN(C(=O)[C@@H]3CC[C@H](C(=O)O)C3)CC2)c(OC)c1. The Hall–Kier alpha value is -2.77. The normalized spacial score (nSPS) is 22.1. The maximum atomic E-state index is 12.9. The predicted octanol–water partition coefficient (Wildman–Crippen LogP) is 1.49. The smallest absolute Gasteiger partial charge is 0.306 e. The van der Waals surface area contributed by atoms with Crippen LogP contribution in [0.3, 0.4) is 0 Å². The van der Waals surface area contributed by atoms with Gasteiger partial charge in [-0.2, -0.15) is 0 Å². The van der Waals surface area contributed by atoms with Crippen LogP contribution in [0.1, 0.15) is 29.6 Å². The summed E-state index contributed by atoms with van der Waals surface area (Å²) in [5, 5.41) is 9.12. The molecular formula is C20H26N2O6. The lowest BCUT2D eigenvalue weighted by molar-refractivity contribution is -0.142. The summed E-state index contributed by atoms with van der Waals surface area (Å²) in [6, 6.07) is 5.07. The van der Waals surface area contributed by atoms with Crippen molar-refractivity contribution in [3.8, 4) is 11.5 Å². The van der Waals surface area contributed by atoms with Crippen molar-refractivity contribution in [2.24, 2.45) is 11.8 Å². The number of carbonyl (C=O) groups excluding carboxylic acids is 2. The number of piperazine rings is 1. The average molecular weight is 390 g/mol. The maximum Gasteiger partial charge on any atom is 0.306 e. The van der Waals surface area contributed by atoms with Crippen LogP contribution in [0.15, 0.2) is 18.2 Å². The summed E-state index contributed by atoms with van der Waals surface area (Å²) in [5.41, 5.74) is 0.461. The lowest BCUT2D eigenvalue weighted by atomic mass is 10.0. The van der Waals surface area contributed by atoms with Crippen LogP contribution in [0, 0.1) is 11.8 Å². The predicted molar refractivity (Wildman–Crippen MR) is 100 cm³/mol. The summed E-state index contributed by atoms with van der Waals surface area (Å²) in [6.45, 7) is 1.79. The molecule has 2 atom stereocenters. The van der Waals surface area contributed by atoms with Crippen molar-refractivity contribution in [2.45, 2.75) is 19.3 Å². The molecule has 3 rings (SSSR count). The number of amides is 2. The van der Waals surface area contributed by atoms with Gasteiger partial charge in [-0.15, -0.1) is 0 Å². The van der Waals surface area contributed by atoms with Crippen molar-refractivity contribution in [1.29, 1.82) is 0 Å². The second-order valence-electron chi connectivity index (χ2n) is 7.23. The highest BCUT2D eigenvalue weighted by molar-refractivity contribution is 5.97. The monoisotopic (exact) mass is 390 g/mol. The fourth-order valence-electron chi connectivity index (χ4n) is 3.96. The van der Waals surface area contributed by atoms with E-state index < -0.39 is 11.9 Å². The van der Waals surface area contributed by atoms with Crippen LogP contribution in [-0.2, 0) is 9.59 Å². The highest BCUT2D eigenvalue weighted by atomic mass is 16.5. The van der Waals surface area contributed by atoms with Crippen LogP contribution in [0.25, 0.3) is 0 Å². The minimum absolute atomic E-state index is 0.0119. The van der Waals surface area contributed by atoms with Crippen LogP contribution in [-0.4, -0.2) is 73.1 Å². The molecule has 0 radical (unpaired) electrons. The van der Waals surface area contributed by atoms with Crippen molar-refractivity contribution < 1.29 is 29.0 Å². The Balaban J connectivity index is 1.59. The third-order valence-electron chi connectivity index (χ3n) is 5.65. The van der Waals surface area contributed by atoms with Gasteiger partial charge in [0.2, 0.25) is 5.91 Å². The van der Waals surface area contributed by atoms with E-state index in [-0.39, 0.29) is 17.7 Å². The molecule has 152 valence electrons. The minimum atomic E-state index is -0.820. The number of ether oxygens (including phenoxy) is 2. The van der Waals surface area contributed by atoms with Gasteiger partial charge in [-0.05, 0) is 31.4 Å². The number of methoxy groups -OCH3 is 2. The van der Waals surface area contributed by atoms with E-state index in [4.69, 9.17) is 14.6 Å². The summed E-state index contributed by atoms with van der Waals surface area (Å²) in [7, 11) is 3.06. The summed E-state index contributed by atoms with van der Waals surface area (Å²) >= 11 is 0. The van der Waals surface area contributed by atoms with Crippen LogP contribution in [0.2, 0.25) is 0 Å². The molecule has 2 aliphatic rings. The fourth-order valence-corrected chi connectivity index (χ4v) is 3.96. The molecule has 1 N–H and O–H groups in total. The first-order valence-electron chi connectivity index (χ1n) is 9.47. The van der Waals surface area contributed by atoms with Gasteiger partial charge in [0.25, 0.3) is 5.91 Å². The number of benzene rings is 1.